The number of rotatable bonds is 3. The van der Waals surface area contributed by atoms with E-state index in [0.717, 1.165) is 17.8 Å². The van der Waals surface area contributed by atoms with Gasteiger partial charge in [-0.25, -0.2) is 17.9 Å². The van der Waals surface area contributed by atoms with Crippen LogP contribution in [0.5, 0.6) is 0 Å². The molecule has 0 saturated carbocycles. The summed E-state index contributed by atoms with van der Waals surface area (Å²) in [5.74, 6) is -3.87. The number of halogens is 3. The van der Waals surface area contributed by atoms with Gasteiger partial charge in [0, 0.05) is 32.4 Å². The fraction of sp³-hybridized carbons (Fsp3) is 0.263. The molecule has 0 N–H and O–H groups in total. The van der Waals surface area contributed by atoms with Gasteiger partial charge in [-0.05, 0) is 37.3 Å². The minimum Gasteiger partial charge on any atom is -0.352 e. The molecule has 7 nitrogen and oxygen atoms in total. The van der Waals surface area contributed by atoms with Crippen molar-refractivity contribution in [3.8, 4) is 5.82 Å². The molecule has 3 heterocycles. The lowest BCUT2D eigenvalue weighted by atomic mass is 10.1. The molecule has 1 saturated heterocycles. The topological polar surface area (TPSA) is 67.2 Å². The average molecular weight is 402 g/mol. The zero-order chi connectivity index (χ0) is 20.5. The van der Waals surface area contributed by atoms with E-state index >= 15 is 0 Å². The van der Waals surface area contributed by atoms with Crippen molar-refractivity contribution in [2.45, 2.75) is 6.92 Å². The first-order valence-electron chi connectivity index (χ1n) is 8.98. The second kappa shape index (κ2) is 7.53. The Kier molecular flexibility index (Phi) is 4.91. The zero-order valence-electron chi connectivity index (χ0n) is 15.5. The molecule has 0 atom stereocenters. The highest BCUT2D eigenvalue weighted by Gasteiger charge is 2.27. The van der Waals surface area contributed by atoms with Crippen LogP contribution in [0, 0.1) is 24.4 Å². The SMILES string of the molecule is Cc1ccn(-c2ccc(N3CCN(C(=O)c4ccc(F)c(F)c4F)CC3)nn2)n1. The summed E-state index contributed by atoms with van der Waals surface area (Å²) in [6.07, 6.45) is 1.79. The maximum absolute atomic E-state index is 13.9. The van der Waals surface area contributed by atoms with Gasteiger partial charge in [-0.15, -0.1) is 10.2 Å². The van der Waals surface area contributed by atoms with E-state index in [1.807, 2.05) is 24.0 Å². The molecule has 3 aromatic rings. The molecule has 1 amide bonds. The third kappa shape index (κ3) is 3.65. The monoisotopic (exact) mass is 402 g/mol. The molecule has 2 aromatic heterocycles. The van der Waals surface area contributed by atoms with E-state index in [4.69, 9.17) is 0 Å². The first kappa shape index (κ1) is 18.9. The molecule has 0 bridgehead atoms. The third-order valence-corrected chi connectivity index (χ3v) is 4.75. The van der Waals surface area contributed by atoms with Gasteiger partial charge in [-0.3, -0.25) is 4.79 Å². The number of carbonyl (C=O) groups excluding carboxylic acids is 1. The molecule has 4 rings (SSSR count). The standard InChI is InChI=1S/C19H17F3N6O/c1-12-6-7-28(25-12)16-5-4-15(23-24-16)26-8-10-27(11-9-26)19(29)13-2-3-14(20)18(22)17(13)21/h2-7H,8-11H2,1H3. The maximum Gasteiger partial charge on any atom is 0.257 e. The number of aryl methyl sites for hydroxylation is 1. The number of amides is 1. The molecule has 29 heavy (non-hydrogen) atoms. The molecule has 0 aliphatic carbocycles. The lowest BCUT2D eigenvalue weighted by Gasteiger charge is -2.35. The van der Waals surface area contributed by atoms with Crippen LogP contribution in [0.2, 0.25) is 0 Å². The highest BCUT2D eigenvalue weighted by atomic mass is 19.2. The first-order valence-corrected chi connectivity index (χ1v) is 8.98. The predicted molar refractivity (Wildman–Crippen MR) is 98.3 cm³/mol. The van der Waals surface area contributed by atoms with Crippen LogP contribution in [0.15, 0.2) is 36.5 Å². The van der Waals surface area contributed by atoms with E-state index in [9.17, 15) is 18.0 Å². The van der Waals surface area contributed by atoms with Crippen LogP contribution in [0.25, 0.3) is 5.82 Å². The molecular weight excluding hydrogens is 385 g/mol. The van der Waals surface area contributed by atoms with E-state index < -0.39 is 28.9 Å². The second-order valence-corrected chi connectivity index (χ2v) is 6.65. The van der Waals surface area contributed by atoms with Crippen molar-refractivity contribution in [3.63, 3.8) is 0 Å². The number of carbonyl (C=O) groups is 1. The van der Waals surface area contributed by atoms with Crippen LogP contribution in [0.4, 0.5) is 19.0 Å². The molecule has 1 aliphatic heterocycles. The van der Waals surface area contributed by atoms with Gasteiger partial charge < -0.3 is 9.80 Å². The number of hydrogen-bond acceptors (Lipinski definition) is 5. The number of aromatic nitrogens is 4. The lowest BCUT2D eigenvalue weighted by Crippen LogP contribution is -2.49. The maximum atomic E-state index is 13.9. The summed E-state index contributed by atoms with van der Waals surface area (Å²) in [5.41, 5.74) is 0.394. The molecular formula is C19H17F3N6O. The molecule has 0 radical (unpaired) electrons. The van der Waals surface area contributed by atoms with Crippen LogP contribution in [-0.4, -0.2) is 57.0 Å². The lowest BCUT2D eigenvalue weighted by molar-refractivity contribution is 0.0740. The molecule has 1 aromatic carbocycles. The Morgan fingerprint density at radius 3 is 2.21 bits per heavy atom. The Labute approximate surface area is 164 Å². The summed E-state index contributed by atoms with van der Waals surface area (Å²) >= 11 is 0. The summed E-state index contributed by atoms with van der Waals surface area (Å²) in [6, 6.07) is 7.18. The molecule has 0 spiro atoms. The average Bonchev–Trinajstić information content (AvgIpc) is 3.18. The van der Waals surface area contributed by atoms with Crippen LogP contribution in [-0.2, 0) is 0 Å². The summed E-state index contributed by atoms with van der Waals surface area (Å²) in [4.78, 5) is 15.8. The zero-order valence-corrected chi connectivity index (χ0v) is 15.5. The van der Waals surface area contributed by atoms with Crippen molar-refractivity contribution in [2.24, 2.45) is 0 Å². The third-order valence-electron chi connectivity index (χ3n) is 4.75. The molecule has 1 fully saturated rings. The summed E-state index contributed by atoms with van der Waals surface area (Å²) < 4.78 is 42.0. The van der Waals surface area contributed by atoms with E-state index in [1.165, 1.54) is 4.90 Å². The van der Waals surface area contributed by atoms with Gasteiger partial charge in [0.1, 0.15) is 0 Å². The van der Waals surface area contributed by atoms with Crippen molar-refractivity contribution >= 4 is 11.7 Å². The second-order valence-electron chi connectivity index (χ2n) is 6.65. The van der Waals surface area contributed by atoms with Crippen molar-refractivity contribution in [3.05, 3.63) is 65.2 Å². The summed E-state index contributed by atoms with van der Waals surface area (Å²) in [7, 11) is 0. The molecule has 0 unspecified atom stereocenters. The summed E-state index contributed by atoms with van der Waals surface area (Å²) in [5, 5.41) is 12.7. The smallest absolute Gasteiger partial charge is 0.257 e. The van der Waals surface area contributed by atoms with Crippen LogP contribution in [0.1, 0.15) is 16.1 Å². The molecule has 150 valence electrons. The van der Waals surface area contributed by atoms with Gasteiger partial charge in [0.15, 0.2) is 29.1 Å². The number of anilines is 1. The molecule has 1 aliphatic rings. The van der Waals surface area contributed by atoms with Gasteiger partial charge in [0.25, 0.3) is 5.91 Å². The highest BCUT2D eigenvalue weighted by molar-refractivity contribution is 5.94. The minimum absolute atomic E-state index is 0.291. The van der Waals surface area contributed by atoms with Gasteiger partial charge in [-0.1, -0.05) is 0 Å². The van der Waals surface area contributed by atoms with Crippen molar-refractivity contribution in [2.75, 3.05) is 31.1 Å². The Bertz CT molecular complexity index is 1040. The quantitative estimate of drug-likeness (QED) is 0.630. The first-order chi connectivity index (χ1) is 13.9. The Balaban J connectivity index is 1.42. The fourth-order valence-corrected chi connectivity index (χ4v) is 3.15. The van der Waals surface area contributed by atoms with Gasteiger partial charge in [-0.2, -0.15) is 5.10 Å². The highest BCUT2D eigenvalue weighted by Crippen LogP contribution is 2.19. The van der Waals surface area contributed by atoms with Crippen LogP contribution >= 0.6 is 0 Å². The predicted octanol–water partition coefficient (Wildman–Crippen LogP) is 2.35. The Hall–Kier alpha value is -3.43. The van der Waals surface area contributed by atoms with Gasteiger partial charge in [0.2, 0.25) is 0 Å². The van der Waals surface area contributed by atoms with Crippen molar-refractivity contribution in [1.29, 1.82) is 0 Å². The van der Waals surface area contributed by atoms with Crippen molar-refractivity contribution < 1.29 is 18.0 Å². The van der Waals surface area contributed by atoms with E-state index in [0.29, 0.717) is 37.8 Å². The van der Waals surface area contributed by atoms with Gasteiger partial charge >= 0.3 is 0 Å². The van der Waals surface area contributed by atoms with Gasteiger partial charge in [0.05, 0.1) is 11.3 Å². The number of hydrogen-bond donors (Lipinski definition) is 0. The number of benzene rings is 1. The minimum atomic E-state index is -1.64. The Morgan fingerprint density at radius 2 is 1.59 bits per heavy atom. The van der Waals surface area contributed by atoms with Crippen LogP contribution < -0.4 is 4.90 Å². The molecule has 10 heteroatoms. The summed E-state index contributed by atoms with van der Waals surface area (Å²) in [6.45, 7) is 3.36. The van der Waals surface area contributed by atoms with E-state index in [1.54, 1.807) is 16.9 Å². The van der Waals surface area contributed by atoms with Crippen LogP contribution in [0.3, 0.4) is 0 Å². The van der Waals surface area contributed by atoms with Crippen molar-refractivity contribution in [1.82, 2.24) is 24.9 Å². The normalized spacial score (nSPS) is 14.3. The number of piperazine rings is 1. The number of nitrogens with zero attached hydrogens (tertiary/aromatic N) is 6. The largest absolute Gasteiger partial charge is 0.352 e. The fourth-order valence-electron chi connectivity index (χ4n) is 3.15. The van der Waals surface area contributed by atoms with E-state index in [2.05, 4.69) is 15.3 Å². The Morgan fingerprint density at radius 1 is 0.897 bits per heavy atom. The van der Waals surface area contributed by atoms with E-state index in [-0.39, 0.29) is 0 Å².